The van der Waals surface area contributed by atoms with Crippen molar-refractivity contribution in [3.63, 3.8) is 0 Å². The fourth-order valence-corrected chi connectivity index (χ4v) is 2.37. The molecule has 0 radical (unpaired) electrons. The third-order valence-corrected chi connectivity index (χ3v) is 3.44. The smallest absolute Gasteiger partial charge is 0.165 e. The van der Waals surface area contributed by atoms with Crippen molar-refractivity contribution in [2.75, 3.05) is 0 Å². The number of hydrogen-bond acceptors (Lipinski definition) is 3. The van der Waals surface area contributed by atoms with Crippen LogP contribution in [0.25, 0.3) is 16.5 Å². The second kappa shape index (κ2) is 5.10. The Morgan fingerprint density at radius 3 is 2.80 bits per heavy atom. The second-order valence-corrected chi connectivity index (χ2v) is 5.06. The lowest BCUT2D eigenvalue weighted by Crippen LogP contribution is -1.97. The van der Waals surface area contributed by atoms with Crippen LogP contribution in [-0.2, 0) is 0 Å². The van der Waals surface area contributed by atoms with Gasteiger partial charge in [0.15, 0.2) is 5.82 Å². The maximum absolute atomic E-state index is 10.0. The molecule has 0 unspecified atom stereocenters. The van der Waals surface area contributed by atoms with Crippen LogP contribution in [0.3, 0.4) is 0 Å². The van der Waals surface area contributed by atoms with Gasteiger partial charge in [-0.05, 0) is 37.1 Å². The summed E-state index contributed by atoms with van der Waals surface area (Å²) in [6.07, 6.45) is 8.09. The topological polar surface area (TPSA) is 46.0 Å². The van der Waals surface area contributed by atoms with E-state index in [9.17, 15) is 5.11 Å². The number of benzene rings is 1. The van der Waals surface area contributed by atoms with Crippen molar-refractivity contribution in [3.05, 3.63) is 64.8 Å². The summed E-state index contributed by atoms with van der Waals surface area (Å²) >= 11 is 6.22. The molecule has 2 aromatic rings. The lowest BCUT2D eigenvalue weighted by atomic mass is 10.1. The van der Waals surface area contributed by atoms with Crippen molar-refractivity contribution in [1.82, 2.24) is 9.97 Å². The van der Waals surface area contributed by atoms with Gasteiger partial charge in [0.2, 0.25) is 0 Å². The van der Waals surface area contributed by atoms with E-state index in [0.717, 1.165) is 22.9 Å². The summed E-state index contributed by atoms with van der Waals surface area (Å²) in [6, 6.07) is 5.84. The van der Waals surface area contributed by atoms with E-state index >= 15 is 0 Å². The lowest BCUT2D eigenvalue weighted by molar-refractivity contribution is 0.435. The quantitative estimate of drug-likeness (QED) is 0.791. The molecule has 0 spiro atoms. The number of halogens is 1. The van der Waals surface area contributed by atoms with Crippen LogP contribution in [-0.4, -0.2) is 15.1 Å². The van der Waals surface area contributed by atoms with Crippen molar-refractivity contribution in [2.45, 2.75) is 13.3 Å². The number of rotatable bonds is 1. The zero-order chi connectivity index (χ0) is 14.1. The molecule has 1 aliphatic carbocycles. The van der Waals surface area contributed by atoms with Gasteiger partial charge in [0.05, 0.1) is 11.1 Å². The van der Waals surface area contributed by atoms with Gasteiger partial charge in [-0.25, -0.2) is 9.97 Å². The first kappa shape index (κ1) is 12.9. The maximum atomic E-state index is 10.0. The molecule has 4 heteroatoms. The molecule has 1 aromatic heterocycles. The predicted molar refractivity (Wildman–Crippen MR) is 81.7 cm³/mol. The van der Waals surface area contributed by atoms with Crippen LogP contribution in [0, 0.1) is 6.92 Å². The van der Waals surface area contributed by atoms with Crippen LogP contribution in [0.4, 0.5) is 0 Å². The van der Waals surface area contributed by atoms with Crippen LogP contribution in [0.2, 0.25) is 5.15 Å². The van der Waals surface area contributed by atoms with Gasteiger partial charge in [0, 0.05) is 5.39 Å². The van der Waals surface area contributed by atoms with Gasteiger partial charge in [-0.3, -0.25) is 0 Å². The van der Waals surface area contributed by atoms with Crippen molar-refractivity contribution in [2.24, 2.45) is 0 Å². The molecule has 0 fully saturated rings. The minimum absolute atomic E-state index is 0.154. The molecular formula is C16H13ClN2O. The highest BCUT2D eigenvalue weighted by atomic mass is 35.5. The van der Waals surface area contributed by atoms with Gasteiger partial charge in [0.1, 0.15) is 10.9 Å². The number of fused-ring (bicyclic) bond motifs is 1. The van der Waals surface area contributed by atoms with Gasteiger partial charge in [-0.2, -0.15) is 0 Å². The first-order valence-corrected chi connectivity index (χ1v) is 6.73. The molecule has 1 aliphatic rings. The minimum Gasteiger partial charge on any atom is -0.507 e. The number of nitrogens with zero attached hydrogens (tertiary/aromatic N) is 2. The highest BCUT2D eigenvalue weighted by Gasteiger charge is 2.12. The van der Waals surface area contributed by atoms with Crippen LogP contribution in [0.15, 0.2) is 48.3 Å². The van der Waals surface area contributed by atoms with E-state index in [1.165, 1.54) is 0 Å². The first-order chi connectivity index (χ1) is 9.65. The molecule has 1 N–H and O–H groups in total. The molecule has 0 aliphatic heterocycles. The Labute approximate surface area is 121 Å². The average molecular weight is 285 g/mol. The van der Waals surface area contributed by atoms with E-state index in [-0.39, 0.29) is 5.76 Å². The fourth-order valence-electron chi connectivity index (χ4n) is 2.13. The summed E-state index contributed by atoms with van der Waals surface area (Å²) < 4.78 is 0. The summed E-state index contributed by atoms with van der Waals surface area (Å²) in [5.41, 5.74) is 2.47. The number of hydrogen-bond donors (Lipinski definition) is 1. The van der Waals surface area contributed by atoms with E-state index < -0.39 is 0 Å². The molecule has 3 rings (SSSR count). The normalized spacial score (nSPS) is 14.9. The van der Waals surface area contributed by atoms with Gasteiger partial charge in [-0.15, -0.1) is 0 Å². The van der Waals surface area contributed by atoms with Crippen molar-refractivity contribution in [3.8, 4) is 0 Å². The van der Waals surface area contributed by atoms with E-state index in [2.05, 4.69) is 9.97 Å². The largest absolute Gasteiger partial charge is 0.507 e. The fraction of sp³-hybridized carbons (Fsp3) is 0.125. The number of aliphatic hydroxyl groups is 1. The van der Waals surface area contributed by atoms with Gasteiger partial charge >= 0.3 is 0 Å². The van der Waals surface area contributed by atoms with Crippen LogP contribution >= 0.6 is 11.6 Å². The number of allylic oxidation sites excluding steroid dienone is 5. The van der Waals surface area contributed by atoms with E-state index in [0.29, 0.717) is 16.6 Å². The molecule has 20 heavy (non-hydrogen) atoms. The molecule has 0 saturated carbocycles. The van der Waals surface area contributed by atoms with Gasteiger partial charge < -0.3 is 5.11 Å². The molecule has 3 nitrogen and oxygen atoms in total. The summed E-state index contributed by atoms with van der Waals surface area (Å²) in [6.45, 7) is 2.00. The molecular weight excluding hydrogens is 272 g/mol. The monoisotopic (exact) mass is 284 g/mol. The lowest BCUT2D eigenvalue weighted by Gasteiger charge is -2.06. The molecule has 0 saturated heterocycles. The van der Waals surface area contributed by atoms with E-state index in [1.54, 1.807) is 6.08 Å². The third kappa shape index (κ3) is 2.32. The Hall–Kier alpha value is -2.13. The van der Waals surface area contributed by atoms with Crippen molar-refractivity contribution < 1.29 is 5.11 Å². The summed E-state index contributed by atoms with van der Waals surface area (Å²) in [7, 11) is 0. The van der Waals surface area contributed by atoms with Crippen LogP contribution < -0.4 is 0 Å². The highest BCUT2D eigenvalue weighted by molar-refractivity contribution is 6.34. The summed E-state index contributed by atoms with van der Waals surface area (Å²) in [4.78, 5) is 8.81. The van der Waals surface area contributed by atoms with Gasteiger partial charge in [0.25, 0.3) is 0 Å². The number of aliphatic hydroxyl groups excluding tert-OH is 1. The highest BCUT2D eigenvalue weighted by Crippen LogP contribution is 2.26. The molecule has 0 atom stereocenters. The molecule has 100 valence electrons. The molecule has 1 aromatic carbocycles. The summed E-state index contributed by atoms with van der Waals surface area (Å²) in [5.74, 6) is 0.593. The van der Waals surface area contributed by atoms with Crippen molar-refractivity contribution in [1.29, 1.82) is 0 Å². The number of aromatic nitrogens is 2. The van der Waals surface area contributed by atoms with E-state index in [4.69, 9.17) is 11.6 Å². The Bertz CT molecular complexity index is 775. The SMILES string of the molecule is Cc1ccc2c(Cl)nc(C3=C(O)C=CCC=C3)nc2c1. The Kier molecular flexibility index (Phi) is 3.28. The molecule has 0 amide bonds. The molecule has 1 heterocycles. The van der Waals surface area contributed by atoms with Gasteiger partial charge in [-0.1, -0.05) is 35.9 Å². The standard InChI is InChI=1S/C16H13ClN2O/c1-10-7-8-11-13(9-10)18-16(19-15(11)17)12-5-3-2-4-6-14(12)20/h3-9,20H,2H2,1H3. The Morgan fingerprint density at radius 1 is 1.15 bits per heavy atom. The van der Waals surface area contributed by atoms with E-state index in [1.807, 2.05) is 43.4 Å². The van der Waals surface area contributed by atoms with Crippen LogP contribution in [0.1, 0.15) is 17.8 Å². The third-order valence-electron chi connectivity index (χ3n) is 3.16. The van der Waals surface area contributed by atoms with Crippen molar-refractivity contribution >= 4 is 28.1 Å². The predicted octanol–water partition coefficient (Wildman–Crippen LogP) is 4.38. The Balaban J connectivity index is 2.24. The maximum Gasteiger partial charge on any atom is 0.165 e. The zero-order valence-corrected chi connectivity index (χ0v) is 11.7. The zero-order valence-electron chi connectivity index (χ0n) is 11.0. The first-order valence-electron chi connectivity index (χ1n) is 6.36. The molecule has 0 bridgehead atoms. The Morgan fingerprint density at radius 2 is 1.95 bits per heavy atom. The number of aryl methyl sites for hydroxylation is 1. The summed E-state index contributed by atoms with van der Waals surface area (Å²) in [5, 5.41) is 11.2. The second-order valence-electron chi connectivity index (χ2n) is 4.70. The average Bonchev–Trinajstić information content (AvgIpc) is 2.62. The minimum atomic E-state index is 0.154. The van der Waals surface area contributed by atoms with Crippen LogP contribution in [0.5, 0.6) is 0 Å².